The topological polar surface area (TPSA) is 55.6 Å². The zero-order chi connectivity index (χ0) is 14.6. The quantitative estimate of drug-likeness (QED) is 0.887. The third kappa shape index (κ3) is 3.47. The van der Waals surface area contributed by atoms with Gasteiger partial charge in [0, 0.05) is 13.0 Å². The average molecular weight is 264 g/mol. The highest BCUT2D eigenvalue weighted by atomic mass is 16.5. The van der Waals surface area contributed by atoms with Gasteiger partial charge in [-0.25, -0.2) is 0 Å². The Morgan fingerprint density at radius 2 is 2.05 bits per heavy atom. The predicted molar refractivity (Wildman–Crippen MR) is 78.7 cm³/mol. The van der Waals surface area contributed by atoms with Crippen molar-refractivity contribution in [2.75, 3.05) is 25.6 Å². The molecule has 0 bridgehead atoms. The summed E-state index contributed by atoms with van der Waals surface area (Å²) >= 11 is 0. The van der Waals surface area contributed by atoms with E-state index in [1.807, 2.05) is 32.9 Å². The molecule has 1 rings (SSSR count). The Kier molecular flexibility index (Phi) is 5.36. The molecule has 4 nitrogen and oxygen atoms in total. The van der Waals surface area contributed by atoms with E-state index in [2.05, 4.69) is 0 Å². The fourth-order valence-corrected chi connectivity index (χ4v) is 2.27. The third-order valence-corrected chi connectivity index (χ3v) is 3.32. The lowest BCUT2D eigenvalue weighted by molar-refractivity contribution is -0.121. The van der Waals surface area contributed by atoms with Crippen LogP contribution >= 0.6 is 0 Å². The van der Waals surface area contributed by atoms with Gasteiger partial charge in [-0.1, -0.05) is 13.0 Å². The van der Waals surface area contributed by atoms with E-state index in [0.29, 0.717) is 13.0 Å². The van der Waals surface area contributed by atoms with E-state index in [-0.39, 0.29) is 11.8 Å². The Balaban J connectivity index is 3.11. The molecule has 1 aromatic rings. The Hall–Kier alpha value is -1.55. The van der Waals surface area contributed by atoms with Crippen LogP contribution in [-0.4, -0.2) is 26.6 Å². The lowest BCUT2D eigenvalue weighted by atomic mass is 10.0. The second-order valence-corrected chi connectivity index (χ2v) is 5.01. The van der Waals surface area contributed by atoms with Crippen molar-refractivity contribution >= 4 is 11.6 Å². The van der Waals surface area contributed by atoms with Crippen LogP contribution in [0.2, 0.25) is 0 Å². The Bertz CT molecular complexity index is 458. The molecule has 0 saturated heterocycles. The number of carbonyl (C=O) groups excluding carboxylic acids is 1. The maximum absolute atomic E-state index is 12.3. The summed E-state index contributed by atoms with van der Waals surface area (Å²) in [6.45, 7) is 6.42. The number of nitrogens with two attached hydrogens (primary N) is 1. The first-order valence-corrected chi connectivity index (χ1v) is 6.55. The summed E-state index contributed by atoms with van der Waals surface area (Å²) in [4.78, 5) is 14.0. The van der Waals surface area contributed by atoms with E-state index >= 15 is 0 Å². The van der Waals surface area contributed by atoms with Gasteiger partial charge in [-0.3, -0.25) is 4.79 Å². The summed E-state index contributed by atoms with van der Waals surface area (Å²) < 4.78 is 5.42. The van der Waals surface area contributed by atoms with Crippen LogP contribution < -0.4 is 15.4 Å². The van der Waals surface area contributed by atoms with E-state index in [1.165, 1.54) is 0 Å². The van der Waals surface area contributed by atoms with Crippen LogP contribution in [0.3, 0.4) is 0 Å². The molecule has 19 heavy (non-hydrogen) atoms. The summed E-state index contributed by atoms with van der Waals surface area (Å²) in [6.07, 6.45) is 0.691. The molecule has 106 valence electrons. The molecule has 4 heteroatoms. The maximum atomic E-state index is 12.3. The summed E-state index contributed by atoms with van der Waals surface area (Å²) in [6, 6.07) is 4.02. The number of hydrogen-bond acceptors (Lipinski definition) is 3. The van der Waals surface area contributed by atoms with E-state index in [0.717, 1.165) is 22.6 Å². The van der Waals surface area contributed by atoms with Crippen molar-refractivity contribution in [1.82, 2.24) is 0 Å². The van der Waals surface area contributed by atoms with Crippen LogP contribution in [0, 0.1) is 19.8 Å². The molecule has 0 aromatic heterocycles. The van der Waals surface area contributed by atoms with Gasteiger partial charge in [0.1, 0.15) is 5.75 Å². The molecular formula is C15H24N2O2. The fourth-order valence-electron chi connectivity index (χ4n) is 2.27. The minimum atomic E-state index is -0.0828. The van der Waals surface area contributed by atoms with Crippen LogP contribution in [-0.2, 0) is 4.79 Å². The molecule has 1 aromatic carbocycles. The molecule has 0 aliphatic heterocycles. The van der Waals surface area contributed by atoms with Crippen molar-refractivity contribution in [2.45, 2.75) is 27.2 Å². The number of benzene rings is 1. The molecule has 0 saturated carbocycles. The minimum absolute atomic E-state index is 0.0637. The van der Waals surface area contributed by atoms with Crippen molar-refractivity contribution in [3.05, 3.63) is 23.3 Å². The minimum Gasteiger partial charge on any atom is -0.494 e. The van der Waals surface area contributed by atoms with Gasteiger partial charge in [0.05, 0.1) is 12.8 Å². The normalized spacial score (nSPS) is 12.1. The highest BCUT2D eigenvalue weighted by Crippen LogP contribution is 2.33. The molecular weight excluding hydrogens is 240 g/mol. The van der Waals surface area contributed by atoms with E-state index in [4.69, 9.17) is 10.5 Å². The van der Waals surface area contributed by atoms with Crippen LogP contribution in [0.15, 0.2) is 12.1 Å². The molecule has 0 heterocycles. The Morgan fingerprint density at radius 1 is 1.42 bits per heavy atom. The highest BCUT2D eigenvalue weighted by molar-refractivity contribution is 5.96. The fraction of sp³-hybridized carbons (Fsp3) is 0.533. The van der Waals surface area contributed by atoms with Crippen molar-refractivity contribution in [1.29, 1.82) is 0 Å². The van der Waals surface area contributed by atoms with Gasteiger partial charge in [0.15, 0.2) is 0 Å². The molecule has 1 amide bonds. The van der Waals surface area contributed by atoms with Gasteiger partial charge < -0.3 is 15.4 Å². The van der Waals surface area contributed by atoms with Crippen LogP contribution in [0.25, 0.3) is 0 Å². The van der Waals surface area contributed by atoms with Crippen molar-refractivity contribution in [3.8, 4) is 5.75 Å². The molecule has 0 aliphatic carbocycles. The predicted octanol–water partition coefficient (Wildman–Crippen LogP) is 2.26. The number of rotatable bonds is 5. The maximum Gasteiger partial charge on any atom is 0.229 e. The first-order valence-electron chi connectivity index (χ1n) is 6.55. The second kappa shape index (κ2) is 6.57. The lowest BCUT2D eigenvalue weighted by Crippen LogP contribution is -2.33. The molecule has 0 spiro atoms. The molecule has 1 atom stereocenters. The van der Waals surface area contributed by atoms with Gasteiger partial charge in [-0.15, -0.1) is 0 Å². The van der Waals surface area contributed by atoms with Gasteiger partial charge in [-0.2, -0.15) is 0 Å². The van der Waals surface area contributed by atoms with Gasteiger partial charge in [0.2, 0.25) is 5.91 Å². The standard InChI is InChI=1S/C15H24N2O2/c1-10-8-12(3)14(19-5)13(9-10)17(4)15(18)11(2)6-7-16/h8-9,11H,6-7,16H2,1-5H3. The largest absolute Gasteiger partial charge is 0.494 e. The second-order valence-electron chi connectivity index (χ2n) is 5.01. The first kappa shape index (κ1) is 15.5. The molecule has 0 aliphatic rings. The number of ether oxygens (including phenoxy) is 1. The van der Waals surface area contributed by atoms with Gasteiger partial charge in [0.25, 0.3) is 0 Å². The van der Waals surface area contributed by atoms with Crippen molar-refractivity contribution in [3.63, 3.8) is 0 Å². The zero-order valence-electron chi connectivity index (χ0n) is 12.5. The number of carbonyl (C=O) groups is 1. The van der Waals surface area contributed by atoms with Crippen LogP contribution in [0.4, 0.5) is 5.69 Å². The molecule has 2 N–H and O–H groups in total. The average Bonchev–Trinajstić information content (AvgIpc) is 2.36. The summed E-state index contributed by atoms with van der Waals surface area (Å²) in [5.41, 5.74) is 8.47. The number of nitrogens with zero attached hydrogens (tertiary/aromatic N) is 1. The van der Waals surface area contributed by atoms with Gasteiger partial charge >= 0.3 is 0 Å². The third-order valence-electron chi connectivity index (χ3n) is 3.32. The van der Waals surface area contributed by atoms with E-state index in [9.17, 15) is 4.79 Å². The van der Waals surface area contributed by atoms with E-state index in [1.54, 1.807) is 19.1 Å². The van der Waals surface area contributed by atoms with Crippen molar-refractivity contribution < 1.29 is 9.53 Å². The number of methoxy groups -OCH3 is 1. The number of amides is 1. The summed E-state index contributed by atoms with van der Waals surface area (Å²) in [7, 11) is 3.41. The number of aryl methyl sites for hydroxylation is 2. The molecule has 1 unspecified atom stereocenters. The SMILES string of the molecule is COc1c(C)cc(C)cc1N(C)C(=O)C(C)CCN. The Labute approximate surface area is 115 Å². The monoisotopic (exact) mass is 264 g/mol. The lowest BCUT2D eigenvalue weighted by Gasteiger charge is -2.24. The zero-order valence-corrected chi connectivity index (χ0v) is 12.5. The smallest absolute Gasteiger partial charge is 0.229 e. The highest BCUT2D eigenvalue weighted by Gasteiger charge is 2.21. The van der Waals surface area contributed by atoms with Crippen LogP contribution in [0.5, 0.6) is 5.75 Å². The van der Waals surface area contributed by atoms with Crippen molar-refractivity contribution in [2.24, 2.45) is 11.7 Å². The Morgan fingerprint density at radius 3 is 2.58 bits per heavy atom. The van der Waals surface area contributed by atoms with Crippen LogP contribution in [0.1, 0.15) is 24.5 Å². The number of hydrogen-bond donors (Lipinski definition) is 1. The summed E-state index contributed by atoms with van der Waals surface area (Å²) in [5.74, 6) is 0.732. The molecule has 0 fully saturated rings. The van der Waals surface area contributed by atoms with E-state index < -0.39 is 0 Å². The van der Waals surface area contributed by atoms with Gasteiger partial charge in [-0.05, 0) is 44.0 Å². The molecule has 0 radical (unpaired) electrons. The summed E-state index contributed by atoms with van der Waals surface area (Å²) in [5, 5.41) is 0. The number of anilines is 1. The first-order chi connectivity index (χ1) is 8.92.